The van der Waals surface area contributed by atoms with Crippen molar-refractivity contribution in [3.05, 3.63) is 53.1 Å². The molecule has 27 heavy (non-hydrogen) atoms. The second kappa shape index (κ2) is 7.67. The van der Waals surface area contributed by atoms with E-state index in [1.165, 1.54) is 27.8 Å². The molecular formula is C23H28O3S. The first-order chi connectivity index (χ1) is 13.0. The zero-order chi connectivity index (χ0) is 18.9. The van der Waals surface area contributed by atoms with E-state index in [2.05, 4.69) is 43.3 Å². The van der Waals surface area contributed by atoms with E-state index in [0.29, 0.717) is 24.0 Å². The summed E-state index contributed by atoms with van der Waals surface area (Å²) in [6, 6.07) is 13.4. The average Bonchev–Trinajstić information content (AvgIpc) is 2.85. The van der Waals surface area contributed by atoms with Crippen molar-refractivity contribution < 1.29 is 13.2 Å². The molecule has 2 aliphatic rings. The van der Waals surface area contributed by atoms with Gasteiger partial charge in [0.25, 0.3) is 0 Å². The molecule has 1 aliphatic heterocycles. The summed E-state index contributed by atoms with van der Waals surface area (Å²) >= 11 is 0. The molecule has 2 aromatic carbocycles. The lowest BCUT2D eigenvalue weighted by Gasteiger charge is -2.22. The molecule has 4 rings (SSSR count). The van der Waals surface area contributed by atoms with Crippen LogP contribution >= 0.6 is 0 Å². The number of hydrogen-bond acceptors (Lipinski definition) is 3. The SMILES string of the molecule is CCc1ccc2c(c1)-c1ccc(OCC3CCS(=O)(=O)CC3)cc1CCC2. The summed E-state index contributed by atoms with van der Waals surface area (Å²) in [6.45, 7) is 2.82. The number of sulfone groups is 1. The highest BCUT2D eigenvalue weighted by molar-refractivity contribution is 7.91. The van der Waals surface area contributed by atoms with Crippen LogP contribution in [-0.4, -0.2) is 26.5 Å². The second-order valence-electron chi connectivity index (χ2n) is 7.92. The van der Waals surface area contributed by atoms with E-state index in [0.717, 1.165) is 44.3 Å². The van der Waals surface area contributed by atoms with Crippen molar-refractivity contribution in [2.75, 3.05) is 18.1 Å². The fourth-order valence-electron chi connectivity index (χ4n) is 4.23. The van der Waals surface area contributed by atoms with Gasteiger partial charge in [-0.3, -0.25) is 0 Å². The third-order valence-electron chi connectivity index (χ3n) is 6.00. The normalized spacial score (nSPS) is 19.0. The van der Waals surface area contributed by atoms with E-state index >= 15 is 0 Å². The summed E-state index contributed by atoms with van der Waals surface area (Å²) in [5.74, 6) is 1.88. The zero-order valence-corrected chi connectivity index (χ0v) is 16.9. The van der Waals surface area contributed by atoms with Gasteiger partial charge >= 0.3 is 0 Å². The summed E-state index contributed by atoms with van der Waals surface area (Å²) in [4.78, 5) is 0. The van der Waals surface area contributed by atoms with Crippen molar-refractivity contribution in [3.63, 3.8) is 0 Å². The summed E-state index contributed by atoms with van der Waals surface area (Å²) < 4.78 is 29.2. The van der Waals surface area contributed by atoms with E-state index < -0.39 is 9.84 Å². The van der Waals surface area contributed by atoms with Crippen molar-refractivity contribution >= 4 is 9.84 Å². The number of fused-ring (bicyclic) bond motifs is 3. The molecule has 0 spiro atoms. The molecule has 0 atom stereocenters. The second-order valence-corrected chi connectivity index (χ2v) is 10.2. The van der Waals surface area contributed by atoms with Crippen LogP contribution in [0, 0.1) is 5.92 Å². The maximum Gasteiger partial charge on any atom is 0.150 e. The van der Waals surface area contributed by atoms with E-state index in [9.17, 15) is 8.42 Å². The maximum absolute atomic E-state index is 11.6. The van der Waals surface area contributed by atoms with Gasteiger partial charge in [-0.05, 0) is 84.4 Å². The Morgan fingerprint density at radius 2 is 1.74 bits per heavy atom. The molecule has 2 aromatic rings. The fraction of sp³-hybridized carbons (Fsp3) is 0.478. The molecule has 1 aliphatic carbocycles. The topological polar surface area (TPSA) is 43.4 Å². The lowest BCUT2D eigenvalue weighted by atomic mass is 9.94. The molecule has 3 nitrogen and oxygen atoms in total. The lowest BCUT2D eigenvalue weighted by Crippen LogP contribution is -2.26. The highest BCUT2D eigenvalue weighted by atomic mass is 32.2. The van der Waals surface area contributed by atoms with Gasteiger partial charge in [-0.25, -0.2) is 8.42 Å². The Bertz CT molecular complexity index is 917. The van der Waals surface area contributed by atoms with Crippen molar-refractivity contribution in [1.82, 2.24) is 0 Å². The van der Waals surface area contributed by atoms with Crippen molar-refractivity contribution in [3.8, 4) is 16.9 Å². The first-order valence-corrected chi connectivity index (χ1v) is 11.9. The average molecular weight is 385 g/mol. The van der Waals surface area contributed by atoms with Crippen molar-refractivity contribution in [1.29, 1.82) is 0 Å². The van der Waals surface area contributed by atoms with E-state index in [1.54, 1.807) is 0 Å². The van der Waals surface area contributed by atoms with Crippen LogP contribution in [0.3, 0.4) is 0 Å². The van der Waals surface area contributed by atoms with Gasteiger partial charge in [-0.1, -0.05) is 31.2 Å². The summed E-state index contributed by atoms with van der Waals surface area (Å²) in [6.07, 6.45) is 5.86. The molecule has 0 radical (unpaired) electrons. The Morgan fingerprint density at radius 3 is 2.52 bits per heavy atom. The molecule has 4 heteroatoms. The largest absolute Gasteiger partial charge is 0.493 e. The van der Waals surface area contributed by atoms with Crippen molar-refractivity contribution in [2.24, 2.45) is 5.92 Å². The molecule has 144 valence electrons. The highest BCUT2D eigenvalue weighted by Crippen LogP contribution is 2.35. The quantitative estimate of drug-likeness (QED) is 0.773. The Balaban J connectivity index is 1.51. The van der Waals surface area contributed by atoms with Crippen LogP contribution in [0.5, 0.6) is 5.75 Å². The van der Waals surface area contributed by atoms with Crippen molar-refractivity contribution in [2.45, 2.75) is 45.4 Å². The number of aryl methyl sites for hydroxylation is 3. The van der Waals surface area contributed by atoms with E-state index in [-0.39, 0.29) is 0 Å². The van der Waals surface area contributed by atoms with Crippen LogP contribution in [-0.2, 0) is 29.1 Å². The summed E-state index contributed by atoms with van der Waals surface area (Å²) in [5, 5.41) is 0. The van der Waals surface area contributed by atoms with Gasteiger partial charge < -0.3 is 4.74 Å². The molecule has 0 bridgehead atoms. The molecule has 1 fully saturated rings. The Hall–Kier alpha value is -1.81. The predicted molar refractivity (Wildman–Crippen MR) is 110 cm³/mol. The van der Waals surface area contributed by atoms with Gasteiger partial charge in [0.05, 0.1) is 18.1 Å². The molecule has 1 heterocycles. The van der Waals surface area contributed by atoms with Crippen LogP contribution in [0.2, 0.25) is 0 Å². The first-order valence-electron chi connectivity index (χ1n) is 10.1. The molecule has 0 aromatic heterocycles. The minimum absolute atomic E-state index is 0.307. The maximum atomic E-state index is 11.6. The molecule has 1 saturated heterocycles. The lowest BCUT2D eigenvalue weighted by molar-refractivity contribution is 0.238. The van der Waals surface area contributed by atoms with Crippen LogP contribution in [0.15, 0.2) is 36.4 Å². The molecular weight excluding hydrogens is 356 g/mol. The van der Waals surface area contributed by atoms with Crippen LogP contribution in [0.4, 0.5) is 0 Å². The Kier molecular flexibility index (Phi) is 5.27. The van der Waals surface area contributed by atoms with Crippen LogP contribution < -0.4 is 4.74 Å². The van der Waals surface area contributed by atoms with Gasteiger partial charge in [0, 0.05) is 0 Å². The van der Waals surface area contributed by atoms with Gasteiger partial charge in [-0.2, -0.15) is 0 Å². The number of hydrogen-bond donors (Lipinski definition) is 0. The van der Waals surface area contributed by atoms with Gasteiger partial charge in [0.15, 0.2) is 0 Å². The zero-order valence-electron chi connectivity index (χ0n) is 16.0. The third-order valence-corrected chi connectivity index (χ3v) is 7.72. The van der Waals surface area contributed by atoms with Crippen LogP contribution in [0.1, 0.15) is 42.9 Å². The number of benzene rings is 2. The fourth-order valence-corrected chi connectivity index (χ4v) is 5.82. The molecule has 0 N–H and O–H groups in total. The smallest absolute Gasteiger partial charge is 0.150 e. The molecule has 0 saturated carbocycles. The van der Waals surface area contributed by atoms with Gasteiger partial charge in [0.2, 0.25) is 0 Å². The minimum atomic E-state index is -2.80. The van der Waals surface area contributed by atoms with Gasteiger partial charge in [0.1, 0.15) is 15.6 Å². The molecule has 0 unspecified atom stereocenters. The van der Waals surface area contributed by atoms with E-state index in [4.69, 9.17) is 4.74 Å². The number of ether oxygens (including phenoxy) is 1. The Morgan fingerprint density at radius 1 is 0.963 bits per heavy atom. The van der Waals surface area contributed by atoms with E-state index in [1.807, 2.05) is 0 Å². The summed E-state index contributed by atoms with van der Waals surface area (Å²) in [5.41, 5.74) is 6.92. The van der Waals surface area contributed by atoms with Crippen LogP contribution in [0.25, 0.3) is 11.1 Å². The standard InChI is InChI=1S/C23H28O3S/c1-2-17-6-7-19-4-3-5-20-15-21(8-9-22(20)23(19)14-17)26-16-18-10-12-27(24,25)13-11-18/h6-9,14-15,18H,2-5,10-13,16H2,1H3. The third kappa shape index (κ3) is 4.21. The highest BCUT2D eigenvalue weighted by Gasteiger charge is 2.24. The molecule has 0 amide bonds. The minimum Gasteiger partial charge on any atom is -0.493 e. The first kappa shape index (κ1) is 18.5. The monoisotopic (exact) mass is 384 g/mol. The summed E-state index contributed by atoms with van der Waals surface area (Å²) in [7, 11) is -2.80. The predicted octanol–water partition coefficient (Wildman–Crippen LogP) is 4.61. The Labute approximate surface area is 162 Å². The number of rotatable bonds is 4. The van der Waals surface area contributed by atoms with Gasteiger partial charge in [-0.15, -0.1) is 0 Å².